The minimum atomic E-state index is -0.930. The minimum Gasteiger partial charge on any atom is -0.481 e. The van der Waals surface area contributed by atoms with E-state index in [2.05, 4.69) is 10.5 Å². The standard InChI is InChI=1S/C14H22N2O4/c1-5-14(6-2,13(18)19)8-15-12(17)10-7-11(9(3)4)20-16-10/h7,9H,5-6,8H2,1-4H3,(H,15,17)(H,18,19). The Kier molecular flexibility index (Phi) is 5.30. The smallest absolute Gasteiger partial charge is 0.311 e. The van der Waals surface area contributed by atoms with Gasteiger partial charge in [-0.1, -0.05) is 32.9 Å². The van der Waals surface area contributed by atoms with Gasteiger partial charge in [0.2, 0.25) is 0 Å². The molecule has 0 aromatic carbocycles. The molecule has 20 heavy (non-hydrogen) atoms. The highest BCUT2D eigenvalue weighted by Crippen LogP contribution is 2.25. The Bertz CT molecular complexity index is 475. The molecule has 0 bridgehead atoms. The molecule has 2 N–H and O–H groups in total. The molecule has 0 atom stereocenters. The summed E-state index contributed by atoms with van der Waals surface area (Å²) in [4.78, 5) is 23.3. The van der Waals surface area contributed by atoms with Crippen molar-refractivity contribution in [1.29, 1.82) is 0 Å². The molecule has 0 aliphatic heterocycles. The molecule has 0 aliphatic carbocycles. The molecule has 6 nitrogen and oxygen atoms in total. The number of carbonyl (C=O) groups excluding carboxylic acids is 1. The van der Waals surface area contributed by atoms with Gasteiger partial charge in [0, 0.05) is 18.5 Å². The molecule has 1 aromatic rings. The molecule has 0 radical (unpaired) electrons. The zero-order valence-corrected chi connectivity index (χ0v) is 12.4. The maximum atomic E-state index is 12.0. The lowest BCUT2D eigenvalue weighted by atomic mass is 9.82. The first-order valence-electron chi connectivity index (χ1n) is 6.84. The summed E-state index contributed by atoms with van der Waals surface area (Å²) in [5.41, 5.74) is -0.750. The van der Waals surface area contributed by atoms with E-state index >= 15 is 0 Å². The maximum Gasteiger partial charge on any atom is 0.311 e. The summed E-state index contributed by atoms with van der Waals surface area (Å²) >= 11 is 0. The lowest BCUT2D eigenvalue weighted by molar-refractivity contribution is -0.149. The van der Waals surface area contributed by atoms with Gasteiger partial charge < -0.3 is 14.9 Å². The molecule has 1 rings (SSSR count). The second kappa shape index (κ2) is 6.54. The van der Waals surface area contributed by atoms with Crippen LogP contribution in [0.25, 0.3) is 0 Å². The Hall–Kier alpha value is -1.85. The molecule has 0 saturated carbocycles. The molecule has 1 heterocycles. The Morgan fingerprint density at radius 2 is 2.00 bits per heavy atom. The van der Waals surface area contributed by atoms with E-state index in [9.17, 15) is 14.7 Å². The Morgan fingerprint density at radius 3 is 2.40 bits per heavy atom. The molecule has 0 unspecified atom stereocenters. The van der Waals surface area contributed by atoms with Crippen molar-refractivity contribution in [2.75, 3.05) is 6.54 Å². The van der Waals surface area contributed by atoms with Gasteiger partial charge in [-0.2, -0.15) is 0 Å². The Morgan fingerprint density at radius 1 is 1.40 bits per heavy atom. The molecular formula is C14H22N2O4. The van der Waals surface area contributed by atoms with E-state index in [1.807, 2.05) is 13.8 Å². The topological polar surface area (TPSA) is 92.4 Å². The van der Waals surface area contributed by atoms with Crippen molar-refractivity contribution in [3.63, 3.8) is 0 Å². The SMILES string of the molecule is CCC(CC)(CNC(=O)c1cc(C(C)C)on1)C(=O)O. The second-order valence-electron chi connectivity index (χ2n) is 5.24. The normalized spacial score (nSPS) is 11.7. The van der Waals surface area contributed by atoms with Crippen molar-refractivity contribution in [3.05, 3.63) is 17.5 Å². The van der Waals surface area contributed by atoms with Gasteiger partial charge in [-0.3, -0.25) is 9.59 Å². The third kappa shape index (κ3) is 3.37. The van der Waals surface area contributed by atoms with Crippen LogP contribution < -0.4 is 5.32 Å². The first kappa shape index (κ1) is 16.2. The number of nitrogens with zero attached hydrogens (tertiary/aromatic N) is 1. The van der Waals surface area contributed by atoms with Crippen molar-refractivity contribution < 1.29 is 19.2 Å². The summed E-state index contributed by atoms with van der Waals surface area (Å²) in [6.07, 6.45) is 0.907. The monoisotopic (exact) mass is 282 g/mol. The highest BCUT2D eigenvalue weighted by Gasteiger charge is 2.35. The molecule has 112 valence electrons. The summed E-state index contributed by atoms with van der Waals surface area (Å²) in [5.74, 6) is -0.530. The summed E-state index contributed by atoms with van der Waals surface area (Å²) in [6, 6.07) is 1.58. The van der Waals surface area contributed by atoms with Crippen LogP contribution in [0.4, 0.5) is 0 Å². The van der Waals surface area contributed by atoms with Gasteiger partial charge >= 0.3 is 5.97 Å². The predicted molar refractivity (Wildman–Crippen MR) is 73.6 cm³/mol. The first-order chi connectivity index (χ1) is 9.36. The fourth-order valence-corrected chi connectivity index (χ4v) is 1.89. The average Bonchev–Trinajstić information content (AvgIpc) is 2.89. The van der Waals surface area contributed by atoms with Crippen molar-refractivity contribution in [3.8, 4) is 0 Å². The summed E-state index contributed by atoms with van der Waals surface area (Å²) < 4.78 is 5.05. The van der Waals surface area contributed by atoms with Crippen LogP contribution in [0, 0.1) is 5.41 Å². The fourth-order valence-electron chi connectivity index (χ4n) is 1.89. The molecule has 1 amide bonds. The summed E-state index contributed by atoms with van der Waals surface area (Å²) in [7, 11) is 0. The van der Waals surface area contributed by atoms with E-state index in [1.165, 1.54) is 0 Å². The lowest BCUT2D eigenvalue weighted by Gasteiger charge is -2.26. The highest BCUT2D eigenvalue weighted by atomic mass is 16.5. The van der Waals surface area contributed by atoms with E-state index in [0.29, 0.717) is 18.6 Å². The van der Waals surface area contributed by atoms with Gasteiger partial charge in [-0.15, -0.1) is 0 Å². The number of carboxylic acids is 1. The average molecular weight is 282 g/mol. The van der Waals surface area contributed by atoms with E-state index in [4.69, 9.17) is 4.52 Å². The van der Waals surface area contributed by atoms with Gasteiger partial charge in [0.15, 0.2) is 5.69 Å². The third-order valence-electron chi connectivity index (χ3n) is 3.72. The largest absolute Gasteiger partial charge is 0.481 e. The van der Waals surface area contributed by atoms with Gasteiger partial charge in [-0.25, -0.2) is 0 Å². The molecule has 0 fully saturated rings. The van der Waals surface area contributed by atoms with Crippen LogP contribution in [0.3, 0.4) is 0 Å². The van der Waals surface area contributed by atoms with Crippen molar-refractivity contribution in [1.82, 2.24) is 10.5 Å². The van der Waals surface area contributed by atoms with Crippen molar-refractivity contribution in [2.24, 2.45) is 5.41 Å². The molecule has 6 heteroatoms. The predicted octanol–water partition coefficient (Wildman–Crippen LogP) is 2.42. The van der Waals surface area contributed by atoms with Crippen LogP contribution in [0.5, 0.6) is 0 Å². The van der Waals surface area contributed by atoms with E-state index < -0.39 is 17.3 Å². The number of amides is 1. The van der Waals surface area contributed by atoms with Crippen molar-refractivity contribution >= 4 is 11.9 Å². The van der Waals surface area contributed by atoms with Gasteiger partial charge in [-0.05, 0) is 12.8 Å². The van der Waals surface area contributed by atoms with E-state index in [-0.39, 0.29) is 18.2 Å². The molecule has 0 spiro atoms. The van der Waals surface area contributed by atoms with Crippen LogP contribution in [-0.2, 0) is 4.79 Å². The number of carbonyl (C=O) groups is 2. The second-order valence-corrected chi connectivity index (χ2v) is 5.24. The van der Waals surface area contributed by atoms with Crippen LogP contribution in [-0.4, -0.2) is 28.7 Å². The van der Waals surface area contributed by atoms with E-state index in [0.717, 1.165) is 0 Å². The number of rotatable bonds is 7. The Balaban J connectivity index is 2.72. The zero-order chi connectivity index (χ0) is 15.3. The number of aromatic nitrogens is 1. The minimum absolute atomic E-state index is 0.0814. The lowest BCUT2D eigenvalue weighted by Crippen LogP contribution is -2.42. The number of nitrogens with one attached hydrogen (secondary N) is 1. The quantitative estimate of drug-likeness (QED) is 0.801. The van der Waals surface area contributed by atoms with Crippen LogP contribution >= 0.6 is 0 Å². The number of carboxylic acid groups (broad SMARTS) is 1. The van der Waals surface area contributed by atoms with Gasteiger partial charge in [0.05, 0.1) is 5.41 Å². The number of aliphatic carboxylic acids is 1. The number of hydrogen-bond donors (Lipinski definition) is 2. The molecule has 1 aromatic heterocycles. The van der Waals surface area contributed by atoms with Crippen LogP contribution in [0.1, 0.15) is 62.7 Å². The highest BCUT2D eigenvalue weighted by molar-refractivity contribution is 5.92. The summed E-state index contributed by atoms with van der Waals surface area (Å²) in [5, 5.41) is 15.6. The van der Waals surface area contributed by atoms with Crippen molar-refractivity contribution in [2.45, 2.75) is 46.5 Å². The zero-order valence-electron chi connectivity index (χ0n) is 12.4. The van der Waals surface area contributed by atoms with E-state index in [1.54, 1.807) is 19.9 Å². The van der Waals surface area contributed by atoms with Crippen LogP contribution in [0.2, 0.25) is 0 Å². The van der Waals surface area contributed by atoms with Crippen LogP contribution in [0.15, 0.2) is 10.6 Å². The molecule has 0 aliphatic rings. The third-order valence-corrected chi connectivity index (χ3v) is 3.72. The number of hydrogen-bond acceptors (Lipinski definition) is 4. The molecular weight excluding hydrogens is 260 g/mol. The maximum absolute atomic E-state index is 12.0. The van der Waals surface area contributed by atoms with Gasteiger partial charge in [0.1, 0.15) is 5.76 Å². The van der Waals surface area contributed by atoms with Gasteiger partial charge in [0.25, 0.3) is 5.91 Å². The Labute approximate surface area is 118 Å². The molecule has 0 saturated heterocycles. The summed E-state index contributed by atoms with van der Waals surface area (Å²) in [6.45, 7) is 7.56. The fraction of sp³-hybridized carbons (Fsp3) is 0.643. The first-order valence-corrected chi connectivity index (χ1v) is 6.84.